The van der Waals surface area contributed by atoms with Crippen molar-refractivity contribution in [3.8, 4) is 33.4 Å². The lowest BCUT2D eigenvalue weighted by Gasteiger charge is -2.11. The van der Waals surface area contributed by atoms with E-state index in [2.05, 4.69) is 17.5 Å². The molecule has 1 aliphatic heterocycles. The highest BCUT2D eigenvalue weighted by Gasteiger charge is 2.19. The van der Waals surface area contributed by atoms with Crippen molar-refractivity contribution in [3.63, 3.8) is 0 Å². The Hall–Kier alpha value is -2.46. The predicted octanol–water partition coefficient (Wildman–Crippen LogP) is 4.72. The minimum Gasteiger partial charge on any atom is -0.508 e. The summed E-state index contributed by atoms with van der Waals surface area (Å²) in [5, 5.41) is 21.7. The van der Waals surface area contributed by atoms with Crippen LogP contribution in [-0.2, 0) is 12.8 Å². The molecule has 0 amide bonds. The molecule has 3 nitrogen and oxygen atoms in total. The third kappa shape index (κ3) is 2.22. The highest BCUT2D eigenvalue weighted by molar-refractivity contribution is 7.13. The van der Waals surface area contributed by atoms with E-state index in [1.54, 1.807) is 17.4 Å². The molecule has 22 heavy (non-hydrogen) atoms. The van der Waals surface area contributed by atoms with Crippen molar-refractivity contribution in [3.05, 3.63) is 59.0 Å². The van der Waals surface area contributed by atoms with E-state index in [1.165, 1.54) is 16.5 Å². The van der Waals surface area contributed by atoms with Crippen molar-refractivity contribution in [2.45, 2.75) is 12.8 Å². The van der Waals surface area contributed by atoms with Gasteiger partial charge in [0.05, 0.1) is 0 Å². The number of hydrogen-bond acceptors (Lipinski definition) is 4. The quantitative estimate of drug-likeness (QED) is 0.684. The molecule has 4 rings (SSSR count). The van der Waals surface area contributed by atoms with E-state index in [1.807, 2.05) is 18.2 Å². The molecule has 0 spiro atoms. The number of hydrogen-bond donors (Lipinski definition) is 2. The molecule has 0 aliphatic carbocycles. The fraction of sp³-hybridized carbons (Fsp3) is 0.111. The summed E-state index contributed by atoms with van der Waals surface area (Å²) in [4.78, 5) is 1.23. The number of fused-ring (bicyclic) bond motifs is 2. The van der Waals surface area contributed by atoms with E-state index >= 15 is 0 Å². The highest BCUT2D eigenvalue weighted by Crippen LogP contribution is 2.41. The molecule has 4 heteroatoms. The Morgan fingerprint density at radius 3 is 2.68 bits per heavy atom. The first-order valence-electron chi connectivity index (χ1n) is 7.10. The zero-order chi connectivity index (χ0) is 15.1. The van der Waals surface area contributed by atoms with E-state index in [0.717, 1.165) is 23.3 Å². The van der Waals surface area contributed by atoms with Crippen LogP contribution >= 0.6 is 11.3 Å². The molecule has 110 valence electrons. The third-order valence-electron chi connectivity index (χ3n) is 3.90. The standard InChI is InChI=1S/C18H14O3S/c19-13-9-15(20)14-5-3-11-8-12(18-2-1-7-22-18)4-6-16(11)21-17(14)10-13/h1-2,4,6-10,19-20H,3,5H2. The van der Waals surface area contributed by atoms with Crippen LogP contribution in [0, 0.1) is 0 Å². The lowest BCUT2D eigenvalue weighted by Crippen LogP contribution is -1.89. The van der Waals surface area contributed by atoms with Crippen molar-refractivity contribution in [1.29, 1.82) is 0 Å². The summed E-state index contributed by atoms with van der Waals surface area (Å²) in [5.74, 6) is 1.40. The van der Waals surface area contributed by atoms with Crippen molar-refractivity contribution >= 4 is 11.3 Å². The molecule has 0 unspecified atom stereocenters. The van der Waals surface area contributed by atoms with Crippen molar-refractivity contribution in [2.24, 2.45) is 0 Å². The molecule has 0 bridgehead atoms. The summed E-state index contributed by atoms with van der Waals surface area (Å²) in [6.07, 6.45) is 1.47. The maximum absolute atomic E-state index is 10.0. The molecule has 0 saturated carbocycles. The zero-order valence-corrected chi connectivity index (χ0v) is 12.6. The molecule has 0 fully saturated rings. The second-order valence-electron chi connectivity index (χ2n) is 5.34. The molecule has 1 aliphatic rings. The normalized spacial score (nSPS) is 12.9. The van der Waals surface area contributed by atoms with Crippen LogP contribution in [0.15, 0.2) is 47.8 Å². The number of phenols is 2. The average molecular weight is 310 g/mol. The molecule has 2 heterocycles. The minimum atomic E-state index is 0.00917. The number of thiophene rings is 1. The van der Waals surface area contributed by atoms with Gasteiger partial charge in [-0.1, -0.05) is 6.07 Å². The van der Waals surface area contributed by atoms with Crippen LogP contribution < -0.4 is 4.74 Å². The Morgan fingerprint density at radius 2 is 1.86 bits per heavy atom. The van der Waals surface area contributed by atoms with Gasteiger partial charge in [0.15, 0.2) is 0 Å². The van der Waals surface area contributed by atoms with Crippen LogP contribution in [-0.4, -0.2) is 10.2 Å². The van der Waals surface area contributed by atoms with E-state index in [9.17, 15) is 10.2 Å². The number of aromatic hydroxyl groups is 2. The van der Waals surface area contributed by atoms with Crippen LogP contribution in [0.1, 0.15) is 11.1 Å². The Labute approximate surface area is 132 Å². The van der Waals surface area contributed by atoms with Gasteiger partial charge in [0.2, 0.25) is 0 Å². The van der Waals surface area contributed by atoms with Gasteiger partial charge in [-0.05, 0) is 53.6 Å². The van der Waals surface area contributed by atoms with Crippen LogP contribution in [0.5, 0.6) is 23.0 Å². The van der Waals surface area contributed by atoms with Crippen molar-refractivity contribution in [1.82, 2.24) is 0 Å². The first-order chi connectivity index (χ1) is 10.7. The predicted molar refractivity (Wildman–Crippen MR) is 87.0 cm³/mol. The van der Waals surface area contributed by atoms with E-state index in [-0.39, 0.29) is 11.5 Å². The number of ether oxygens (including phenoxy) is 1. The summed E-state index contributed by atoms with van der Waals surface area (Å²) in [7, 11) is 0. The van der Waals surface area contributed by atoms with E-state index in [4.69, 9.17) is 4.74 Å². The Kier molecular flexibility index (Phi) is 3.05. The summed E-state index contributed by atoms with van der Waals surface area (Å²) in [6, 6.07) is 13.2. The van der Waals surface area contributed by atoms with Gasteiger partial charge in [0.25, 0.3) is 0 Å². The van der Waals surface area contributed by atoms with Crippen LogP contribution in [0.2, 0.25) is 0 Å². The van der Waals surface area contributed by atoms with Crippen molar-refractivity contribution in [2.75, 3.05) is 0 Å². The van der Waals surface area contributed by atoms with Gasteiger partial charge in [-0.3, -0.25) is 0 Å². The average Bonchev–Trinajstić information content (AvgIpc) is 2.95. The Morgan fingerprint density at radius 1 is 0.955 bits per heavy atom. The first kappa shape index (κ1) is 13.2. The molecule has 2 aromatic carbocycles. The third-order valence-corrected chi connectivity index (χ3v) is 4.82. The largest absolute Gasteiger partial charge is 0.508 e. The molecular weight excluding hydrogens is 296 g/mol. The fourth-order valence-electron chi connectivity index (χ4n) is 2.81. The minimum absolute atomic E-state index is 0.00917. The van der Waals surface area contributed by atoms with Crippen LogP contribution in [0.25, 0.3) is 10.4 Å². The summed E-state index contributed by atoms with van der Waals surface area (Å²) in [6.45, 7) is 0. The lowest BCUT2D eigenvalue weighted by atomic mass is 10.0. The molecule has 1 aromatic heterocycles. The molecule has 0 atom stereocenters. The second-order valence-corrected chi connectivity index (χ2v) is 6.29. The highest BCUT2D eigenvalue weighted by atomic mass is 32.1. The van der Waals surface area contributed by atoms with Gasteiger partial charge in [0.1, 0.15) is 23.0 Å². The Balaban J connectivity index is 1.77. The maximum Gasteiger partial charge on any atom is 0.138 e. The first-order valence-corrected chi connectivity index (χ1v) is 7.98. The molecule has 0 saturated heterocycles. The van der Waals surface area contributed by atoms with Gasteiger partial charge in [-0.15, -0.1) is 11.3 Å². The fourth-order valence-corrected chi connectivity index (χ4v) is 3.53. The summed E-state index contributed by atoms with van der Waals surface area (Å²) >= 11 is 1.71. The summed E-state index contributed by atoms with van der Waals surface area (Å²) < 4.78 is 5.92. The molecule has 0 radical (unpaired) electrons. The topological polar surface area (TPSA) is 49.7 Å². The van der Waals surface area contributed by atoms with Gasteiger partial charge in [-0.25, -0.2) is 0 Å². The van der Waals surface area contributed by atoms with E-state index in [0.29, 0.717) is 12.2 Å². The van der Waals surface area contributed by atoms with Gasteiger partial charge >= 0.3 is 0 Å². The Bertz CT molecular complexity index is 838. The second kappa shape index (κ2) is 5.07. The van der Waals surface area contributed by atoms with Gasteiger partial charge < -0.3 is 14.9 Å². The summed E-state index contributed by atoms with van der Waals surface area (Å²) in [5.41, 5.74) is 3.03. The number of phenolic OH excluding ortho intramolecular Hbond substituents is 2. The molecule has 2 N–H and O–H groups in total. The van der Waals surface area contributed by atoms with Gasteiger partial charge in [-0.2, -0.15) is 0 Å². The maximum atomic E-state index is 10.0. The van der Waals surface area contributed by atoms with Crippen molar-refractivity contribution < 1.29 is 14.9 Å². The van der Waals surface area contributed by atoms with Crippen LogP contribution in [0.3, 0.4) is 0 Å². The molecule has 3 aromatic rings. The lowest BCUT2D eigenvalue weighted by molar-refractivity contribution is 0.427. The smallest absolute Gasteiger partial charge is 0.138 e. The van der Waals surface area contributed by atoms with Crippen LogP contribution in [0.4, 0.5) is 0 Å². The number of rotatable bonds is 1. The number of benzene rings is 2. The number of aryl methyl sites for hydroxylation is 1. The van der Waals surface area contributed by atoms with E-state index < -0.39 is 0 Å². The molecular formula is C18H14O3S. The SMILES string of the molecule is Oc1cc(O)c2c(c1)Oc1ccc(-c3cccs3)cc1CC2. The zero-order valence-electron chi connectivity index (χ0n) is 11.7. The monoisotopic (exact) mass is 310 g/mol. The van der Waals surface area contributed by atoms with Gasteiger partial charge in [0, 0.05) is 22.6 Å².